The zero-order chi connectivity index (χ0) is 22.1. The van der Waals surface area contributed by atoms with Gasteiger partial charge in [0, 0.05) is 13.1 Å². The van der Waals surface area contributed by atoms with Gasteiger partial charge in [0.2, 0.25) is 0 Å². The number of benzene rings is 2. The van der Waals surface area contributed by atoms with Gasteiger partial charge in [-0.3, -0.25) is 4.79 Å². The van der Waals surface area contributed by atoms with E-state index in [-0.39, 0.29) is 11.9 Å². The Bertz CT molecular complexity index is 1200. The molecule has 0 spiro atoms. The van der Waals surface area contributed by atoms with Crippen molar-refractivity contribution in [1.82, 2.24) is 24.9 Å². The second kappa shape index (κ2) is 8.45. The Labute approximate surface area is 186 Å². The number of hydrogen-bond acceptors (Lipinski definition) is 6. The van der Waals surface area contributed by atoms with Crippen LogP contribution >= 0.6 is 0 Å². The molecule has 1 aliphatic rings. The lowest BCUT2D eigenvalue weighted by Gasteiger charge is -2.40. The van der Waals surface area contributed by atoms with Gasteiger partial charge < -0.3 is 14.6 Å². The van der Waals surface area contributed by atoms with E-state index >= 15 is 0 Å². The van der Waals surface area contributed by atoms with Gasteiger partial charge in [0.15, 0.2) is 5.58 Å². The van der Waals surface area contributed by atoms with Crippen LogP contribution in [0.25, 0.3) is 16.8 Å². The first kappa shape index (κ1) is 20.2. The fourth-order valence-electron chi connectivity index (χ4n) is 4.53. The van der Waals surface area contributed by atoms with Gasteiger partial charge in [0.1, 0.15) is 5.52 Å². The van der Waals surface area contributed by atoms with Crippen molar-refractivity contribution in [2.45, 2.75) is 32.7 Å². The summed E-state index contributed by atoms with van der Waals surface area (Å²) in [4.78, 5) is 21.8. The average molecular weight is 431 g/mol. The normalized spacial score (nSPS) is 18.8. The van der Waals surface area contributed by atoms with E-state index in [9.17, 15) is 4.79 Å². The van der Waals surface area contributed by atoms with Crippen LogP contribution in [0.5, 0.6) is 0 Å². The van der Waals surface area contributed by atoms with Crippen LogP contribution < -0.4 is 5.32 Å². The Morgan fingerprint density at radius 2 is 1.97 bits per heavy atom. The van der Waals surface area contributed by atoms with E-state index in [0.29, 0.717) is 36.3 Å². The molecule has 1 aliphatic heterocycles. The van der Waals surface area contributed by atoms with E-state index in [1.54, 1.807) is 12.4 Å². The molecule has 3 heterocycles. The summed E-state index contributed by atoms with van der Waals surface area (Å²) in [5, 5.41) is 11.8. The van der Waals surface area contributed by atoms with Gasteiger partial charge in [-0.25, -0.2) is 0 Å². The summed E-state index contributed by atoms with van der Waals surface area (Å²) in [5.41, 5.74) is 3.81. The van der Waals surface area contributed by atoms with Crippen molar-refractivity contribution in [3.8, 4) is 5.69 Å². The van der Waals surface area contributed by atoms with Crippen molar-refractivity contribution in [3.05, 3.63) is 66.0 Å². The molecule has 0 bridgehead atoms. The molecule has 1 fully saturated rings. The van der Waals surface area contributed by atoms with Gasteiger partial charge in [-0.1, -0.05) is 31.2 Å². The summed E-state index contributed by atoms with van der Waals surface area (Å²) < 4.78 is 5.82. The van der Waals surface area contributed by atoms with Crippen molar-refractivity contribution >= 4 is 23.0 Å². The monoisotopic (exact) mass is 430 g/mol. The number of oxazole rings is 1. The van der Waals surface area contributed by atoms with E-state index < -0.39 is 0 Å². The number of aryl methyl sites for hydroxylation is 1. The van der Waals surface area contributed by atoms with Crippen molar-refractivity contribution < 1.29 is 9.21 Å². The molecule has 1 amide bonds. The predicted octanol–water partition coefficient (Wildman–Crippen LogP) is 4.07. The molecule has 8 heteroatoms. The molecule has 32 heavy (non-hydrogen) atoms. The largest absolute Gasteiger partial charge is 0.424 e. The first-order chi connectivity index (χ1) is 15.6. The molecular formula is C24H26N6O2. The first-order valence-electron chi connectivity index (χ1n) is 11.0. The number of nitrogens with one attached hydrogen (secondary N) is 1. The molecule has 164 valence electrons. The van der Waals surface area contributed by atoms with Crippen LogP contribution in [0.2, 0.25) is 0 Å². The molecule has 4 aromatic rings. The molecule has 1 saturated heterocycles. The topological polar surface area (TPSA) is 89.1 Å². The number of rotatable bonds is 5. The molecule has 0 radical (unpaired) electrons. The van der Waals surface area contributed by atoms with E-state index in [4.69, 9.17) is 4.42 Å². The molecule has 2 atom stereocenters. The summed E-state index contributed by atoms with van der Waals surface area (Å²) in [5.74, 6) is 0.353. The zero-order valence-corrected chi connectivity index (χ0v) is 18.2. The second-order valence-corrected chi connectivity index (χ2v) is 8.34. The quantitative estimate of drug-likeness (QED) is 0.513. The maximum Gasteiger partial charge on any atom is 0.295 e. The molecule has 0 unspecified atom stereocenters. The Hall–Kier alpha value is -3.68. The number of fused-ring (bicyclic) bond motifs is 1. The number of anilines is 1. The molecular weight excluding hydrogens is 404 g/mol. The van der Waals surface area contributed by atoms with Gasteiger partial charge in [-0.15, -0.1) is 0 Å². The highest BCUT2D eigenvalue weighted by Gasteiger charge is 2.34. The predicted molar refractivity (Wildman–Crippen MR) is 122 cm³/mol. The third kappa shape index (κ3) is 3.72. The van der Waals surface area contributed by atoms with Crippen LogP contribution in [0.4, 0.5) is 6.01 Å². The SMILES string of the molecule is Cc1cccc(-n2nccn2)c1C(=O)N1CCC[C@@H](C)[C@H]1CNc1nc2ccccc2o1. The van der Waals surface area contributed by atoms with Crippen molar-refractivity contribution in [1.29, 1.82) is 0 Å². The van der Waals surface area contributed by atoms with Crippen LogP contribution in [0.1, 0.15) is 35.7 Å². The Morgan fingerprint density at radius 1 is 1.16 bits per heavy atom. The van der Waals surface area contributed by atoms with Crippen molar-refractivity contribution in [3.63, 3.8) is 0 Å². The lowest BCUT2D eigenvalue weighted by Crippen LogP contribution is -2.51. The van der Waals surface area contributed by atoms with Crippen LogP contribution in [0, 0.1) is 12.8 Å². The zero-order valence-electron chi connectivity index (χ0n) is 18.2. The number of nitrogens with zero attached hydrogens (tertiary/aromatic N) is 5. The minimum atomic E-state index is 0.00585. The van der Waals surface area contributed by atoms with E-state index in [2.05, 4.69) is 27.4 Å². The maximum atomic E-state index is 13.8. The molecule has 1 N–H and O–H groups in total. The lowest BCUT2D eigenvalue weighted by atomic mass is 9.89. The number of para-hydroxylation sites is 2. The van der Waals surface area contributed by atoms with E-state index in [1.807, 2.05) is 54.3 Å². The average Bonchev–Trinajstić information content (AvgIpc) is 3.47. The van der Waals surface area contributed by atoms with Crippen LogP contribution in [0.3, 0.4) is 0 Å². The third-order valence-electron chi connectivity index (χ3n) is 6.23. The molecule has 0 saturated carbocycles. The molecule has 2 aromatic heterocycles. The van der Waals surface area contributed by atoms with Crippen molar-refractivity contribution in [2.24, 2.45) is 5.92 Å². The van der Waals surface area contributed by atoms with Gasteiger partial charge >= 0.3 is 0 Å². The Balaban J connectivity index is 1.42. The Kier molecular flexibility index (Phi) is 5.34. The molecule has 0 aliphatic carbocycles. The Morgan fingerprint density at radius 3 is 2.78 bits per heavy atom. The molecule has 2 aromatic carbocycles. The number of hydrogen-bond donors (Lipinski definition) is 1. The summed E-state index contributed by atoms with van der Waals surface area (Å²) >= 11 is 0. The number of likely N-dealkylation sites (tertiary alicyclic amines) is 1. The summed E-state index contributed by atoms with van der Waals surface area (Å²) in [6, 6.07) is 14.0. The van der Waals surface area contributed by atoms with E-state index in [0.717, 1.165) is 29.5 Å². The minimum Gasteiger partial charge on any atom is -0.424 e. The highest BCUT2D eigenvalue weighted by Crippen LogP contribution is 2.28. The van der Waals surface area contributed by atoms with E-state index in [1.165, 1.54) is 4.80 Å². The minimum absolute atomic E-state index is 0.00585. The van der Waals surface area contributed by atoms with Crippen LogP contribution in [-0.4, -0.2) is 49.9 Å². The van der Waals surface area contributed by atoms with Gasteiger partial charge in [-0.05, 0) is 49.4 Å². The fraction of sp³-hybridized carbons (Fsp3) is 0.333. The van der Waals surface area contributed by atoms with Crippen LogP contribution in [0.15, 0.2) is 59.3 Å². The van der Waals surface area contributed by atoms with Crippen molar-refractivity contribution in [2.75, 3.05) is 18.4 Å². The standard InChI is InChI=1S/C24H26N6O2/c1-16-8-6-14-29(20(16)15-25-24-28-18-9-3-4-11-21(18)32-24)23(31)22-17(2)7-5-10-19(22)30-26-12-13-27-30/h3-5,7,9-13,16,20H,6,8,14-15H2,1-2H3,(H,25,28)/t16-,20-/m1/s1. The van der Waals surface area contributed by atoms with Gasteiger partial charge in [0.05, 0.1) is 29.7 Å². The van der Waals surface area contributed by atoms with Gasteiger partial charge in [0.25, 0.3) is 11.9 Å². The highest BCUT2D eigenvalue weighted by molar-refractivity contribution is 5.99. The lowest BCUT2D eigenvalue weighted by molar-refractivity contribution is 0.0538. The summed E-state index contributed by atoms with van der Waals surface area (Å²) in [7, 11) is 0. The number of carbonyl (C=O) groups is 1. The smallest absolute Gasteiger partial charge is 0.295 e. The van der Waals surface area contributed by atoms with Crippen LogP contribution in [-0.2, 0) is 0 Å². The third-order valence-corrected chi connectivity index (χ3v) is 6.23. The molecule has 8 nitrogen and oxygen atoms in total. The fourth-order valence-corrected chi connectivity index (χ4v) is 4.53. The van der Waals surface area contributed by atoms with Gasteiger partial charge in [-0.2, -0.15) is 20.0 Å². The highest BCUT2D eigenvalue weighted by atomic mass is 16.4. The number of aromatic nitrogens is 4. The molecule has 5 rings (SSSR count). The summed E-state index contributed by atoms with van der Waals surface area (Å²) in [6.45, 7) is 5.44. The number of carbonyl (C=O) groups excluding carboxylic acids is 1. The summed E-state index contributed by atoms with van der Waals surface area (Å²) in [6.07, 6.45) is 5.29. The first-order valence-corrected chi connectivity index (χ1v) is 11.0. The second-order valence-electron chi connectivity index (χ2n) is 8.34. The number of amides is 1. The maximum absolute atomic E-state index is 13.8. The number of piperidine rings is 1.